The third-order valence-corrected chi connectivity index (χ3v) is 8.95. The fourth-order valence-corrected chi connectivity index (χ4v) is 8.17. The summed E-state index contributed by atoms with van der Waals surface area (Å²) in [7, 11) is -5.91. The van der Waals surface area contributed by atoms with Crippen LogP contribution < -0.4 is 0 Å². The van der Waals surface area contributed by atoms with Crippen molar-refractivity contribution in [1.29, 1.82) is 0 Å². The van der Waals surface area contributed by atoms with Gasteiger partial charge in [-0.2, -0.15) is 0 Å². The van der Waals surface area contributed by atoms with E-state index in [4.69, 9.17) is 0 Å². The molecule has 0 aliphatic heterocycles. The van der Waals surface area contributed by atoms with Crippen LogP contribution in [0, 0.1) is 23.2 Å². The zero-order valence-corrected chi connectivity index (χ0v) is 14.9. The van der Waals surface area contributed by atoms with Crippen molar-refractivity contribution in [2.24, 2.45) is 23.2 Å². The Kier molecular flexibility index (Phi) is 6.05. The molecule has 0 aromatic heterocycles. The maximum atomic E-state index is 12.1. The van der Waals surface area contributed by atoms with Gasteiger partial charge in [0.25, 0.3) is 0 Å². The minimum atomic E-state index is -4.39. The monoisotopic (exact) mass is 324 g/mol. The Bertz CT molecular complexity index is 406. The van der Waals surface area contributed by atoms with Crippen LogP contribution in [-0.2, 0) is 15.4 Å². The second-order valence-corrected chi connectivity index (χ2v) is 10.3. The van der Waals surface area contributed by atoms with Crippen molar-refractivity contribution in [3.63, 3.8) is 0 Å². The van der Waals surface area contributed by atoms with Gasteiger partial charge >= 0.3 is 7.60 Å². The zero-order valence-electron chi connectivity index (χ0n) is 13.2. The highest BCUT2D eigenvalue weighted by molar-refractivity contribution is 7.92. The van der Waals surface area contributed by atoms with Gasteiger partial charge in [0, 0.05) is 17.1 Å². The van der Waals surface area contributed by atoms with Gasteiger partial charge in [0.05, 0.1) is 0 Å². The van der Waals surface area contributed by atoms with E-state index >= 15 is 0 Å². The average molecular weight is 324 g/mol. The van der Waals surface area contributed by atoms with Crippen molar-refractivity contribution >= 4 is 18.4 Å². The van der Waals surface area contributed by atoms with Gasteiger partial charge in [-0.1, -0.05) is 34.1 Å². The molecule has 0 saturated heterocycles. The Morgan fingerprint density at radius 3 is 2.25 bits per heavy atom. The quantitative estimate of drug-likeness (QED) is 0.761. The molecule has 20 heavy (non-hydrogen) atoms. The Labute approximate surface area is 125 Å². The van der Waals surface area contributed by atoms with E-state index in [0.29, 0.717) is 18.3 Å². The first kappa shape index (κ1) is 18.3. The summed E-state index contributed by atoms with van der Waals surface area (Å²) >= 11 is 0. The lowest BCUT2D eigenvalue weighted by Gasteiger charge is -2.51. The molecule has 120 valence electrons. The van der Waals surface area contributed by atoms with Gasteiger partial charge in [0.1, 0.15) is 4.99 Å². The van der Waals surface area contributed by atoms with Crippen molar-refractivity contribution < 1.29 is 18.6 Å². The third kappa shape index (κ3) is 3.55. The van der Waals surface area contributed by atoms with Crippen LogP contribution in [0.3, 0.4) is 0 Å². The van der Waals surface area contributed by atoms with Gasteiger partial charge in [-0.3, -0.25) is 8.77 Å². The summed E-state index contributed by atoms with van der Waals surface area (Å²) in [6, 6.07) is 0. The first-order valence-corrected chi connectivity index (χ1v) is 10.7. The van der Waals surface area contributed by atoms with E-state index in [2.05, 4.69) is 20.8 Å². The van der Waals surface area contributed by atoms with Gasteiger partial charge in [-0.15, -0.1) is 0 Å². The van der Waals surface area contributed by atoms with E-state index in [1.165, 1.54) is 6.26 Å². The van der Waals surface area contributed by atoms with Gasteiger partial charge < -0.3 is 9.79 Å². The topological polar surface area (TPSA) is 74.6 Å². The zero-order chi connectivity index (χ0) is 15.7. The van der Waals surface area contributed by atoms with Crippen LogP contribution >= 0.6 is 7.60 Å². The minimum absolute atomic E-state index is 0.227. The van der Waals surface area contributed by atoms with E-state index < -0.39 is 28.8 Å². The summed E-state index contributed by atoms with van der Waals surface area (Å²) in [5.41, 5.74) is -0.509. The molecule has 2 N–H and O–H groups in total. The third-order valence-electron chi connectivity index (χ3n) is 5.01. The molecule has 0 radical (unpaired) electrons. The molecule has 6 heteroatoms. The summed E-state index contributed by atoms with van der Waals surface area (Å²) < 4.78 is 24.2. The summed E-state index contributed by atoms with van der Waals surface area (Å²) in [5, 5.41) is 0. The molecule has 1 saturated carbocycles. The molecular weight excluding hydrogens is 295 g/mol. The second kappa shape index (κ2) is 6.60. The lowest BCUT2D eigenvalue weighted by Crippen LogP contribution is -2.48. The van der Waals surface area contributed by atoms with Crippen molar-refractivity contribution in [2.75, 3.05) is 6.26 Å². The van der Waals surface area contributed by atoms with Crippen LogP contribution in [0.1, 0.15) is 53.4 Å². The maximum Gasteiger partial charge on any atom is 0.341 e. The molecule has 0 aromatic carbocycles. The SMILES string of the molecule is CC[C@@]1(C(S(C)=O)P(=O)(O)O)C[C@H](C)CC[C@H]1C(C)C. The lowest BCUT2D eigenvalue weighted by atomic mass is 9.59. The maximum absolute atomic E-state index is 12.1. The smallest absolute Gasteiger partial charge is 0.324 e. The van der Waals surface area contributed by atoms with Gasteiger partial charge in [0.15, 0.2) is 0 Å². The minimum Gasteiger partial charge on any atom is -0.324 e. The molecule has 0 spiro atoms. The summed E-state index contributed by atoms with van der Waals surface area (Å²) in [6.45, 7) is 8.35. The van der Waals surface area contributed by atoms with Gasteiger partial charge in [0.2, 0.25) is 0 Å². The molecule has 2 unspecified atom stereocenters. The van der Waals surface area contributed by atoms with E-state index in [9.17, 15) is 18.6 Å². The molecule has 5 atom stereocenters. The number of hydrogen-bond donors (Lipinski definition) is 2. The highest BCUT2D eigenvalue weighted by Gasteiger charge is 2.55. The van der Waals surface area contributed by atoms with Gasteiger partial charge in [-0.05, 0) is 42.4 Å². The predicted molar refractivity (Wildman–Crippen MR) is 84.0 cm³/mol. The molecule has 4 nitrogen and oxygen atoms in total. The summed E-state index contributed by atoms with van der Waals surface area (Å²) in [6.07, 6.45) is 4.95. The average Bonchev–Trinajstić information content (AvgIpc) is 2.25. The molecule has 1 fully saturated rings. The van der Waals surface area contributed by atoms with E-state index in [0.717, 1.165) is 19.3 Å². The molecule has 0 heterocycles. The fraction of sp³-hybridized carbons (Fsp3) is 1.00. The highest BCUT2D eigenvalue weighted by atomic mass is 32.2. The van der Waals surface area contributed by atoms with E-state index in [1.807, 2.05) is 6.92 Å². The molecule has 1 rings (SSSR count). The van der Waals surface area contributed by atoms with Crippen LogP contribution in [0.5, 0.6) is 0 Å². The molecule has 0 aromatic rings. The van der Waals surface area contributed by atoms with Crippen LogP contribution in [0.25, 0.3) is 0 Å². The Morgan fingerprint density at radius 1 is 1.35 bits per heavy atom. The van der Waals surface area contributed by atoms with Gasteiger partial charge in [-0.25, -0.2) is 0 Å². The van der Waals surface area contributed by atoms with Crippen molar-refractivity contribution in [2.45, 2.75) is 58.4 Å². The van der Waals surface area contributed by atoms with Crippen LogP contribution in [0.2, 0.25) is 0 Å². The Hall–Kier alpha value is 0.300. The normalized spacial score (nSPS) is 35.0. The lowest BCUT2D eigenvalue weighted by molar-refractivity contribution is 0.0355. The van der Waals surface area contributed by atoms with Crippen LogP contribution in [0.4, 0.5) is 0 Å². The van der Waals surface area contributed by atoms with Crippen molar-refractivity contribution in [3.05, 3.63) is 0 Å². The standard InChI is InChI=1S/C14H29O4PS/c1-6-14(13(20(5)18)19(15,16)17)9-11(4)7-8-12(14)10(2)3/h10-13H,6-9H2,1-5H3,(H2,15,16,17)/t11-,12+,13?,14-,20?/m1/s1. The largest absolute Gasteiger partial charge is 0.341 e. The molecule has 1 aliphatic rings. The highest BCUT2D eigenvalue weighted by Crippen LogP contribution is 2.62. The summed E-state index contributed by atoms with van der Waals surface area (Å²) in [5.74, 6) is 1.01. The van der Waals surface area contributed by atoms with Crippen LogP contribution in [-0.4, -0.2) is 25.2 Å². The first-order chi connectivity index (χ1) is 9.06. The predicted octanol–water partition coefficient (Wildman–Crippen LogP) is 3.36. The van der Waals surface area contributed by atoms with E-state index in [-0.39, 0.29) is 5.92 Å². The molecule has 0 bridgehead atoms. The fourth-order valence-electron chi connectivity index (χ4n) is 4.37. The Morgan fingerprint density at radius 2 is 1.90 bits per heavy atom. The second-order valence-electron chi connectivity index (χ2n) is 6.76. The number of rotatable bonds is 5. The Balaban J connectivity index is 3.38. The van der Waals surface area contributed by atoms with Crippen LogP contribution in [0.15, 0.2) is 0 Å². The number of hydrogen-bond acceptors (Lipinski definition) is 2. The van der Waals surface area contributed by atoms with Crippen molar-refractivity contribution in [3.8, 4) is 0 Å². The summed E-state index contributed by atoms with van der Waals surface area (Å²) in [4.78, 5) is 18.6. The first-order valence-electron chi connectivity index (χ1n) is 7.43. The van der Waals surface area contributed by atoms with Crippen molar-refractivity contribution in [1.82, 2.24) is 0 Å². The molecule has 1 aliphatic carbocycles. The molecular formula is C14H29O4PS. The van der Waals surface area contributed by atoms with E-state index in [1.54, 1.807) is 0 Å². The molecule has 0 amide bonds.